The SMILES string of the molecule is O=Cn1ccn2nnnc12. The second-order valence-electron chi connectivity index (χ2n) is 1.73. The monoisotopic (exact) mass is 137 g/mol. The van der Waals surface area contributed by atoms with Crippen molar-refractivity contribution in [1.82, 2.24) is 24.6 Å². The zero-order valence-electron chi connectivity index (χ0n) is 4.88. The van der Waals surface area contributed by atoms with Crippen molar-refractivity contribution in [2.45, 2.75) is 0 Å². The van der Waals surface area contributed by atoms with Crippen LogP contribution in [0.2, 0.25) is 0 Å². The van der Waals surface area contributed by atoms with Crippen LogP contribution in [0.15, 0.2) is 12.4 Å². The second-order valence-corrected chi connectivity index (χ2v) is 1.73. The lowest BCUT2D eigenvalue weighted by molar-refractivity contribution is 0.548. The first kappa shape index (κ1) is 5.10. The summed E-state index contributed by atoms with van der Waals surface area (Å²) in [5, 5.41) is 10.5. The maximum absolute atomic E-state index is 10.2. The van der Waals surface area contributed by atoms with E-state index in [1.165, 1.54) is 9.08 Å². The molecular formula is C4H3N5O. The van der Waals surface area contributed by atoms with Gasteiger partial charge in [0.1, 0.15) is 0 Å². The summed E-state index contributed by atoms with van der Waals surface area (Å²) >= 11 is 0. The number of nitrogens with zero attached hydrogens (tertiary/aromatic N) is 5. The molecular weight excluding hydrogens is 134 g/mol. The average Bonchev–Trinajstić information content (AvgIpc) is 2.44. The number of carbonyl (C=O) groups is 1. The number of tetrazole rings is 1. The van der Waals surface area contributed by atoms with E-state index in [0.29, 0.717) is 12.2 Å². The summed E-state index contributed by atoms with van der Waals surface area (Å²) in [4.78, 5) is 10.2. The Morgan fingerprint density at radius 3 is 3.20 bits per heavy atom. The summed E-state index contributed by atoms with van der Waals surface area (Å²) in [5.41, 5.74) is 0. The van der Waals surface area contributed by atoms with E-state index in [1.54, 1.807) is 12.4 Å². The van der Waals surface area contributed by atoms with Gasteiger partial charge in [0.15, 0.2) is 0 Å². The Bertz CT molecular complexity index is 360. The molecule has 0 N–H and O–H groups in total. The van der Waals surface area contributed by atoms with Crippen LogP contribution in [0.5, 0.6) is 0 Å². The van der Waals surface area contributed by atoms with Crippen molar-refractivity contribution in [2.75, 3.05) is 0 Å². The van der Waals surface area contributed by atoms with Crippen LogP contribution in [-0.4, -0.2) is 31.0 Å². The number of hydrogen-bond acceptors (Lipinski definition) is 4. The van der Waals surface area contributed by atoms with Gasteiger partial charge in [-0.1, -0.05) is 5.10 Å². The maximum Gasteiger partial charge on any atom is 0.260 e. The summed E-state index contributed by atoms with van der Waals surface area (Å²) in [6.45, 7) is 0. The largest absolute Gasteiger partial charge is 0.278 e. The Morgan fingerprint density at radius 2 is 2.40 bits per heavy atom. The molecule has 0 bridgehead atoms. The fourth-order valence-corrected chi connectivity index (χ4v) is 0.739. The fraction of sp³-hybridized carbons (Fsp3) is 0. The van der Waals surface area contributed by atoms with Crippen LogP contribution in [-0.2, 0) is 4.79 Å². The quantitative estimate of drug-likeness (QED) is 0.471. The molecule has 0 aliphatic rings. The van der Waals surface area contributed by atoms with Crippen molar-refractivity contribution in [3.8, 4) is 0 Å². The van der Waals surface area contributed by atoms with Crippen LogP contribution in [0.1, 0.15) is 0 Å². The summed E-state index contributed by atoms with van der Waals surface area (Å²) in [7, 11) is 0. The van der Waals surface area contributed by atoms with Gasteiger partial charge in [0, 0.05) is 6.20 Å². The Balaban J connectivity index is 2.88. The van der Waals surface area contributed by atoms with Crippen molar-refractivity contribution in [3.05, 3.63) is 12.4 Å². The fourth-order valence-electron chi connectivity index (χ4n) is 0.739. The smallest absolute Gasteiger partial charge is 0.260 e. The standard InChI is InChI=1S/C4H3N5O/c10-3-8-1-2-9-4(8)5-6-7-9/h1-3H. The molecule has 50 valence electrons. The zero-order chi connectivity index (χ0) is 6.97. The molecule has 0 amide bonds. The van der Waals surface area contributed by atoms with Gasteiger partial charge < -0.3 is 0 Å². The molecule has 10 heavy (non-hydrogen) atoms. The van der Waals surface area contributed by atoms with Crippen LogP contribution < -0.4 is 0 Å². The molecule has 0 atom stereocenters. The highest BCUT2D eigenvalue weighted by molar-refractivity contribution is 5.59. The van der Waals surface area contributed by atoms with Gasteiger partial charge in [-0.15, -0.1) is 0 Å². The molecule has 0 aliphatic heterocycles. The van der Waals surface area contributed by atoms with Gasteiger partial charge in [-0.25, -0.2) is 0 Å². The minimum absolute atomic E-state index is 0.426. The second kappa shape index (κ2) is 1.63. The molecule has 0 radical (unpaired) electrons. The molecule has 0 aromatic carbocycles. The van der Waals surface area contributed by atoms with E-state index in [4.69, 9.17) is 0 Å². The lowest BCUT2D eigenvalue weighted by Crippen LogP contribution is -1.92. The van der Waals surface area contributed by atoms with Gasteiger partial charge in [-0.2, -0.15) is 4.52 Å². The minimum atomic E-state index is 0.426. The van der Waals surface area contributed by atoms with Crippen LogP contribution in [0.25, 0.3) is 5.78 Å². The lowest BCUT2D eigenvalue weighted by atomic mass is 10.9. The van der Waals surface area contributed by atoms with Gasteiger partial charge in [0.25, 0.3) is 5.78 Å². The Labute approximate surface area is 55.1 Å². The van der Waals surface area contributed by atoms with E-state index in [9.17, 15) is 4.79 Å². The highest BCUT2D eigenvalue weighted by Crippen LogP contribution is 1.93. The van der Waals surface area contributed by atoms with E-state index < -0.39 is 0 Å². The third kappa shape index (κ3) is 0.471. The van der Waals surface area contributed by atoms with Gasteiger partial charge in [0.2, 0.25) is 6.41 Å². The van der Waals surface area contributed by atoms with Crippen LogP contribution in [0.3, 0.4) is 0 Å². The first-order chi connectivity index (χ1) is 4.92. The molecule has 6 nitrogen and oxygen atoms in total. The van der Waals surface area contributed by atoms with Crippen LogP contribution >= 0.6 is 0 Å². The third-order valence-electron chi connectivity index (χ3n) is 1.19. The molecule has 0 unspecified atom stereocenters. The van der Waals surface area contributed by atoms with Gasteiger partial charge in [-0.05, 0) is 10.4 Å². The van der Waals surface area contributed by atoms with Crippen molar-refractivity contribution in [2.24, 2.45) is 0 Å². The third-order valence-corrected chi connectivity index (χ3v) is 1.19. The first-order valence-corrected chi connectivity index (χ1v) is 2.61. The van der Waals surface area contributed by atoms with Gasteiger partial charge >= 0.3 is 0 Å². The molecule has 0 fully saturated rings. The van der Waals surface area contributed by atoms with E-state index in [-0.39, 0.29) is 0 Å². The Kier molecular flexibility index (Phi) is 0.830. The topological polar surface area (TPSA) is 65.1 Å². The van der Waals surface area contributed by atoms with Gasteiger partial charge in [0.05, 0.1) is 6.20 Å². The molecule has 0 aliphatic carbocycles. The van der Waals surface area contributed by atoms with E-state index in [0.717, 1.165) is 0 Å². The number of aromatic nitrogens is 5. The van der Waals surface area contributed by atoms with E-state index in [2.05, 4.69) is 15.5 Å². The van der Waals surface area contributed by atoms with Crippen molar-refractivity contribution < 1.29 is 4.79 Å². The molecule has 2 rings (SSSR count). The average molecular weight is 137 g/mol. The van der Waals surface area contributed by atoms with E-state index in [1.807, 2.05) is 0 Å². The Morgan fingerprint density at radius 1 is 1.50 bits per heavy atom. The summed E-state index contributed by atoms with van der Waals surface area (Å²) < 4.78 is 2.70. The summed E-state index contributed by atoms with van der Waals surface area (Å²) in [6.07, 6.45) is 3.80. The van der Waals surface area contributed by atoms with Crippen molar-refractivity contribution in [1.29, 1.82) is 0 Å². The van der Waals surface area contributed by atoms with Gasteiger partial charge in [-0.3, -0.25) is 9.36 Å². The number of fused-ring (bicyclic) bond motifs is 1. The molecule has 2 aromatic rings. The predicted molar refractivity (Wildman–Crippen MR) is 30.9 cm³/mol. The number of rotatable bonds is 1. The van der Waals surface area contributed by atoms with Crippen LogP contribution in [0, 0.1) is 0 Å². The Hall–Kier alpha value is -1.72. The molecule has 0 saturated heterocycles. The first-order valence-electron chi connectivity index (χ1n) is 2.61. The highest BCUT2D eigenvalue weighted by Gasteiger charge is 2.00. The predicted octanol–water partition coefficient (Wildman–Crippen LogP) is -1.04. The van der Waals surface area contributed by atoms with E-state index >= 15 is 0 Å². The van der Waals surface area contributed by atoms with Crippen molar-refractivity contribution in [3.63, 3.8) is 0 Å². The summed E-state index contributed by atoms with van der Waals surface area (Å²) in [6, 6.07) is 0. The number of hydrogen-bond donors (Lipinski definition) is 0. The lowest BCUT2D eigenvalue weighted by Gasteiger charge is -1.80. The number of imidazole rings is 1. The molecule has 0 saturated carbocycles. The van der Waals surface area contributed by atoms with Crippen molar-refractivity contribution >= 4 is 12.2 Å². The minimum Gasteiger partial charge on any atom is -0.278 e. The maximum atomic E-state index is 10.2. The normalized spacial score (nSPS) is 10.4. The highest BCUT2D eigenvalue weighted by atomic mass is 16.1. The molecule has 0 spiro atoms. The molecule has 6 heteroatoms. The van der Waals surface area contributed by atoms with Crippen LogP contribution in [0.4, 0.5) is 0 Å². The summed E-state index contributed by atoms with van der Waals surface area (Å²) in [5.74, 6) is 0.426. The zero-order valence-corrected chi connectivity index (χ0v) is 4.88. The molecule has 2 aromatic heterocycles. The number of carbonyl (C=O) groups excluding carboxylic acids is 1. The molecule has 2 heterocycles.